The van der Waals surface area contributed by atoms with Gasteiger partial charge in [-0.05, 0) is 91.3 Å². The summed E-state index contributed by atoms with van der Waals surface area (Å²) in [5.41, 5.74) is 5.01. The van der Waals surface area contributed by atoms with Crippen molar-refractivity contribution in [3.8, 4) is 11.1 Å². The first-order valence-corrected chi connectivity index (χ1v) is 14.6. The predicted octanol–water partition coefficient (Wildman–Crippen LogP) is 6.84. The molecule has 1 aromatic heterocycles. The molecule has 4 aromatic rings. The quantitative estimate of drug-likeness (QED) is 0.259. The number of halogens is 2. The third-order valence-corrected chi connectivity index (χ3v) is 9.53. The highest BCUT2D eigenvalue weighted by Crippen LogP contribution is 2.37. The number of rotatable bonds is 8. The Hall–Kier alpha value is -2.71. The fraction of sp³-hybridized carbons (Fsp3) is 0.286. The van der Waals surface area contributed by atoms with Gasteiger partial charge in [-0.25, -0.2) is 18.4 Å². The monoisotopic (exact) mass is 552 g/mol. The van der Waals surface area contributed by atoms with Crippen LogP contribution in [0.4, 0.5) is 5.82 Å². The van der Waals surface area contributed by atoms with Crippen LogP contribution in [0.2, 0.25) is 10.0 Å². The van der Waals surface area contributed by atoms with Crippen LogP contribution in [-0.2, 0) is 16.6 Å². The third-order valence-electron chi connectivity index (χ3n) is 6.91. The summed E-state index contributed by atoms with van der Waals surface area (Å²) in [6.07, 6.45) is 5.60. The Morgan fingerprint density at radius 1 is 1.00 bits per heavy atom. The van der Waals surface area contributed by atoms with E-state index in [1.54, 1.807) is 16.7 Å². The molecule has 2 saturated carbocycles. The fourth-order valence-electron chi connectivity index (χ4n) is 4.66. The number of nitrogens with zero attached hydrogens (tertiary/aromatic N) is 3. The number of anilines is 1. The third kappa shape index (κ3) is 5.06. The normalized spacial score (nSPS) is 15.9. The number of sulfonamides is 1. The summed E-state index contributed by atoms with van der Waals surface area (Å²) in [7, 11) is -3.79. The molecule has 190 valence electrons. The second-order valence-electron chi connectivity index (χ2n) is 9.88. The smallest absolute Gasteiger partial charge is 0.245 e. The van der Waals surface area contributed by atoms with E-state index in [0.717, 1.165) is 64.7 Å². The molecular formula is C28H26Cl2N4O2S. The summed E-state index contributed by atoms with van der Waals surface area (Å²) in [6, 6.07) is 17.3. The molecule has 6 nitrogen and oxygen atoms in total. The summed E-state index contributed by atoms with van der Waals surface area (Å²) < 4.78 is 28.8. The van der Waals surface area contributed by atoms with Crippen LogP contribution < -0.4 is 5.32 Å². The van der Waals surface area contributed by atoms with Gasteiger partial charge in [0.2, 0.25) is 10.0 Å². The molecule has 1 N–H and O–H groups in total. The van der Waals surface area contributed by atoms with Gasteiger partial charge in [0.1, 0.15) is 17.0 Å². The Morgan fingerprint density at radius 2 is 1.81 bits per heavy atom. The van der Waals surface area contributed by atoms with Crippen molar-refractivity contribution in [2.24, 2.45) is 0 Å². The Labute approximate surface area is 226 Å². The van der Waals surface area contributed by atoms with Crippen molar-refractivity contribution in [2.75, 3.05) is 5.32 Å². The second kappa shape index (κ2) is 9.55. The minimum atomic E-state index is -3.79. The van der Waals surface area contributed by atoms with Crippen molar-refractivity contribution in [3.05, 3.63) is 82.1 Å². The van der Waals surface area contributed by atoms with E-state index in [1.165, 1.54) is 12.1 Å². The van der Waals surface area contributed by atoms with Gasteiger partial charge in [0, 0.05) is 29.0 Å². The summed E-state index contributed by atoms with van der Waals surface area (Å²) in [6.45, 7) is 2.34. The lowest BCUT2D eigenvalue weighted by Crippen LogP contribution is -2.32. The van der Waals surface area contributed by atoms with E-state index < -0.39 is 10.0 Å². The molecule has 3 aromatic carbocycles. The zero-order valence-corrected chi connectivity index (χ0v) is 22.6. The highest BCUT2D eigenvalue weighted by atomic mass is 35.5. The predicted molar refractivity (Wildman–Crippen MR) is 149 cm³/mol. The molecule has 0 saturated heterocycles. The number of aryl methyl sites for hydroxylation is 1. The number of nitrogens with one attached hydrogen (secondary N) is 1. The van der Waals surface area contributed by atoms with Crippen LogP contribution in [0.5, 0.6) is 0 Å². The van der Waals surface area contributed by atoms with Gasteiger partial charge in [-0.3, -0.25) is 0 Å². The molecule has 2 fully saturated rings. The standard InChI is InChI=1S/C28H26Cl2N4O2S/c1-17-11-26-24(28(32-16-31-26)33-21-6-7-21)14-23(17)19-4-2-3-18(12-19)15-34(22-8-9-22)37(35,36)27-10-5-20(29)13-25(27)30/h2-5,10-14,16,21-22H,6-9,15H2,1H3,(H,31,32,33). The number of aromatic nitrogens is 2. The highest BCUT2D eigenvalue weighted by Gasteiger charge is 2.39. The molecule has 37 heavy (non-hydrogen) atoms. The number of hydrogen-bond donors (Lipinski definition) is 1. The first-order valence-electron chi connectivity index (χ1n) is 12.4. The van der Waals surface area contributed by atoms with Crippen LogP contribution in [0.15, 0.2) is 65.8 Å². The van der Waals surface area contributed by atoms with Crippen molar-refractivity contribution in [1.29, 1.82) is 0 Å². The maximum atomic E-state index is 13.6. The lowest BCUT2D eigenvalue weighted by molar-refractivity contribution is 0.398. The first-order chi connectivity index (χ1) is 17.8. The Balaban J connectivity index is 1.35. The molecular weight excluding hydrogens is 527 g/mol. The molecule has 2 aliphatic carbocycles. The van der Waals surface area contributed by atoms with Gasteiger partial charge in [0.05, 0.1) is 10.5 Å². The highest BCUT2D eigenvalue weighted by molar-refractivity contribution is 7.89. The summed E-state index contributed by atoms with van der Waals surface area (Å²) in [4.78, 5) is 9.05. The van der Waals surface area contributed by atoms with Gasteiger partial charge >= 0.3 is 0 Å². The van der Waals surface area contributed by atoms with Crippen LogP contribution in [0.3, 0.4) is 0 Å². The summed E-state index contributed by atoms with van der Waals surface area (Å²) in [5.74, 6) is 0.857. The molecule has 0 atom stereocenters. The van der Waals surface area contributed by atoms with E-state index in [-0.39, 0.29) is 22.5 Å². The van der Waals surface area contributed by atoms with Crippen LogP contribution in [0, 0.1) is 6.92 Å². The van der Waals surface area contributed by atoms with Gasteiger partial charge < -0.3 is 5.32 Å². The number of fused-ring (bicyclic) bond motifs is 1. The molecule has 0 radical (unpaired) electrons. The average molecular weight is 554 g/mol. The van der Waals surface area contributed by atoms with E-state index in [4.69, 9.17) is 23.2 Å². The van der Waals surface area contributed by atoms with Crippen molar-refractivity contribution in [1.82, 2.24) is 14.3 Å². The zero-order valence-electron chi connectivity index (χ0n) is 20.3. The summed E-state index contributed by atoms with van der Waals surface area (Å²) in [5, 5.41) is 5.04. The molecule has 0 unspecified atom stereocenters. The van der Waals surface area contributed by atoms with Crippen LogP contribution >= 0.6 is 23.2 Å². The SMILES string of the molecule is Cc1cc2ncnc(NC3CC3)c2cc1-c1cccc(CN(C2CC2)S(=O)(=O)c2ccc(Cl)cc2Cl)c1. The van der Waals surface area contributed by atoms with E-state index in [0.29, 0.717) is 11.1 Å². The average Bonchev–Trinajstić information content (AvgIpc) is 3.78. The molecule has 1 heterocycles. The van der Waals surface area contributed by atoms with Crippen molar-refractivity contribution >= 4 is 49.9 Å². The zero-order chi connectivity index (χ0) is 25.7. The van der Waals surface area contributed by atoms with Crippen molar-refractivity contribution < 1.29 is 8.42 Å². The van der Waals surface area contributed by atoms with E-state index in [2.05, 4.69) is 46.5 Å². The lowest BCUT2D eigenvalue weighted by Gasteiger charge is -2.23. The number of hydrogen-bond acceptors (Lipinski definition) is 5. The van der Waals surface area contributed by atoms with Gasteiger partial charge in [-0.1, -0.05) is 41.4 Å². The van der Waals surface area contributed by atoms with Gasteiger partial charge in [0.15, 0.2) is 0 Å². The second-order valence-corrected chi connectivity index (χ2v) is 12.6. The molecule has 0 aliphatic heterocycles. The van der Waals surface area contributed by atoms with Crippen molar-refractivity contribution in [3.63, 3.8) is 0 Å². The fourth-order valence-corrected chi connectivity index (χ4v) is 7.08. The van der Waals surface area contributed by atoms with Crippen LogP contribution in [0.25, 0.3) is 22.0 Å². The minimum Gasteiger partial charge on any atom is -0.367 e. The molecule has 2 aliphatic rings. The van der Waals surface area contributed by atoms with Crippen LogP contribution in [0.1, 0.15) is 36.8 Å². The first kappa shape index (κ1) is 24.6. The van der Waals surface area contributed by atoms with Crippen molar-refractivity contribution in [2.45, 2.75) is 56.1 Å². The number of benzene rings is 3. The Bertz CT molecular complexity index is 1620. The van der Waals surface area contributed by atoms with E-state index in [9.17, 15) is 8.42 Å². The Kier molecular flexibility index (Phi) is 6.35. The maximum Gasteiger partial charge on any atom is 0.245 e. The van der Waals surface area contributed by atoms with Crippen LogP contribution in [-0.4, -0.2) is 34.8 Å². The summed E-state index contributed by atoms with van der Waals surface area (Å²) >= 11 is 12.3. The van der Waals surface area contributed by atoms with E-state index >= 15 is 0 Å². The molecule has 6 rings (SSSR count). The lowest BCUT2D eigenvalue weighted by atomic mass is 9.97. The molecule has 9 heteroatoms. The van der Waals surface area contributed by atoms with Gasteiger partial charge in [0.25, 0.3) is 0 Å². The minimum absolute atomic E-state index is 0.0315. The Morgan fingerprint density at radius 3 is 2.54 bits per heavy atom. The molecule has 0 amide bonds. The molecule has 0 spiro atoms. The van der Waals surface area contributed by atoms with E-state index in [1.807, 2.05) is 12.1 Å². The van der Waals surface area contributed by atoms with Gasteiger partial charge in [-0.15, -0.1) is 0 Å². The largest absolute Gasteiger partial charge is 0.367 e. The van der Waals surface area contributed by atoms with Gasteiger partial charge in [-0.2, -0.15) is 4.31 Å². The maximum absolute atomic E-state index is 13.6. The topological polar surface area (TPSA) is 75.2 Å². The molecule has 0 bridgehead atoms.